The molecule has 0 spiro atoms. The molecular formula is C60H52O24. The van der Waals surface area contributed by atoms with Crippen LogP contribution < -0.4 is 20.3 Å². The zero-order valence-corrected chi connectivity index (χ0v) is 43.5. The van der Waals surface area contributed by atoms with E-state index < -0.39 is 133 Å². The molecule has 3 fully saturated rings. The van der Waals surface area contributed by atoms with E-state index in [4.69, 9.17) is 37.3 Å². The van der Waals surface area contributed by atoms with Gasteiger partial charge < -0.3 is 98.5 Å². The quantitative estimate of drug-likeness (QED) is 0.0694. The number of carbonyl (C=O) groups excluding carboxylic acids is 2. The van der Waals surface area contributed by atoms with Crippen LogP contribution in [-0.4, -0.2) is 148 Å². The van der Waals surface area contributed by atoms with E-state index in [1.807, 2.05) is 0 Å². The SMILES string of the molecule is O=C(OC[C@H]1O[C@@H](Oc2cc(O)c3c(=O)cc(-c4ccc(O)cc4)oc3c2)[C@H](O)[C@@H](O)[C@@H]1O)[C@H]1[C@H](C(=O)OC[C@H]2O[C@@H](Oc3cc(O)c4c(=O)cc(-c5ccc(O)cc5)oc4c3)[C@H](O)[C@@H](O)[C@@H]2O)[C@H](c2ccc(O)cc2)[C@H]1c1ccc(O)cc1. The van der Waals surface area contributed by atoms with E-state index in [0.29, 0.717) is 22.3 Å². The van der Waals surface area contributed by atoms with Gasteiger partial charge in [0.25, 0.3) is 0 Å². The minimum absolute atomic E-state index is 0.0443. The normalized spacial score (nSPS) is 26.7. The Morgan fingerprint density at radius 1 is 0.417 bits per heavy atom. The molecule has 0 unspecified atom stereocenters. The monoisotopic (exact) mass is 1160 g/mol. The summed E-state index contributed by atoms with van der Waals surface area (Å²) in [6.07, 6.45) is -18.7. The van der Waals surface area contributed by atoms with E-state index in [0.717, 1.165) is 24.3 Å². The molecule has 2 aromatic heterocycles. The van der Waals surface area contributed by atoms with E-state index in [9.17, 15) is 80.5 Å². The summed E-state index contributed by atoms with van der Waals surface area (Å²) in [6, 6.07) is 29.5. The van der Waals surface area contributed by atoms with Gasteiger partial charge in [0, 0.05) is 59.4 Å². The van der Waals surface area contributed by atoms with Crippen LogP contribution in [0.5, 0.6) is 46.0 Å². The molecule has 24 heteroatoms. The lowest BCUT2D eigenvalue weighted by atomic mass is 9.52. The van der Waals surface area contributed by atoms with E-state index in [1.54, 1.807) is 0 Å². The van der Waals surface area contributed by atoms with Crippen molar-refractivity contribution in [2.24, 2.45) is 11.8 Å². The van der Waals surface area contributed by atoms with Gasteiger partial charge in [0.2, 0.25) is 12.6 Å². The van der Waals surface area contributed by atoms with Gasteiger partial charge in [-0.25, -0.2) is 0 Å². The van der Waals surface area contributed by atoms with Gasteiger partial charge in [-0.15, -0.1) is 0 Å². The molecule has 84 heavy (non-hydrogen) atoms. The van der Waals surface area contributed by atoms with Crippen molar-refractivity contribution < 1.29 is 108 Å². The molecule has 8 aromatic rings. The summed E-state index contributed by atoms with van der Waals surface area (Å²) in [6.45, 7) is -1.68. The predicted octanol–water partition coefficient (Wildman–Crippen LogP) is 3.44. The molecule has 14 atom stereocenters. The molecule has 11 rings (SSSR count). The zero-order valence-electron chi connectivity index (χ0n) is 43.5. The van der Waals surface area contributed by atoms with Crippen LogP contribution >= 0.6 is 0 Å². The Labute approximate surface area is 472 Å². The zero-order chi connectivity index (χ0) is 59.4. The Hall–Kier alpha value is -9.24. The van der Waals surface area contributed by atoms with Crippen molar-refractivity contribution in [3.05, 3.63) is 165 Å². The van der Waals surface area contributed by atoms with Crippen LogP contribution in [0.25, 0.3) is 44.6 Å². The predicted molar refractivity (Wildman–Crippen MR) is 288 cm³/mol. The van der Waals surface area contributed by atoms with E-state index in [1.165, 1.54) is 109 Å². The molecule has 2 saturated heterocycles. The Morgan fingerprint density at radius 3 is 1.10 bits per heavy atom. The largest absolute Gasteiger partial charge is 0.508 e. The highest BCUT2D eigenvalue weighted by Crippen LogP contribution is 2.59. The van der Waals surface area contributed by atoms with Crippen LogP contribution in [0, 0.1) is 11.8 Å². The third-order valence-electron chi connectivity index (χ3n) is 15.1. The molecule has 436 valence electrons. The summed E-state index contributed by atoms with van der Waals surface area (Å²) < 4.78 is 46.7. The smallest absolute Gasteiger partial charge is 0.310 e. The van der Waals surface area contributed by atoms with Gasteiger partial charge in [-0.3, -0.25) is 19.2 Å². The fourth-order valence-electron chi connectivity index (χ4n) is 10.8. The Morgan fingerprint density at radius 2 is 0.750 bits per heavy atom. The summed E-state index contributed by atoms with van der Waals surface area (Å²) in [4.78, 5) is 55.5. The fourth-order valence-corrected chi connectivity index (χ4v) is 10.8. The maximum absolute atomic E-state index is 14.6. The average molecular weight is 1160 g/mol. The molecule has 1 aliphatic carbocycles. The van der Waals surface area contributed by atoms with E-state index in [2.05, 4.69) is 0 Å². The van der Waals surface area contributed by atoms with Gasteiger partial charge >= 0.3 is 11.9 Å². The first-order chi connectivity index (χ1) is 40.2. The molecule has 4 heterocycles. The molecular weight excluding hydrogens is 1100 g/mol. The highest BCUT2D eigenvalue weighted by molar-refractivity contribution is 5.88. The van der Waals surface area contributed by atoms with Crippen molar-refractivity contribution in [3.8, 4) is 68.6 Å². The molecule has 2 aliphatic heterocycles. The second-order valence-electron chi connectivity index (χ2n) is 20.5. The standard InChI is InChI=1S/C60H52O24/c61-29-9-1-25(2-10-29)39-21-37(67)47-35(65)17-33(19-41(47)81-39)79-59-55(73)53(71)51(69)43(83-59)23-77-57(75)49-45(27-5-13-31(63)14-6-27)46(28-7-15-32(64)16-8-28)50(49)58(76)78-24-44-52(70)54(72)56(74)60(84-44)80-34-18-36(66)48-38(68)22-40(82-42(48)20-34)26-3-11-30(62)12-4-26/h1-22,43-46,49-56,59-66,69-74H,23-24H2/t43-,44-,45-,46-,49-,50-,51-,52-,53+,54+,55-,56-,59-,60-/m1/s1. The van der Waals surface area contributed by atoms with E-state index >= 15 is 0 Å². The van der Waals surface area contributed by atoms with Crippen molar-refractivity contribution in [2.75, 3.05) is 13.2 Å². The highest BCUT2D eigenvalue weighted by Gasteiger charge is 2.60. The molecule has 0 amide bonds. The second-order valence-corrected chi connectivity index (χ2v) is 20.5. The lowest BCUT2D eigenvalue weighted by molar-refractivity contribution is -0.279. The van der Waals surface area contributed by atoms with Crippen molar-refractivity contribution in [1.82, 2.24) is 0 Å². The highest BCUT2D eigenvalue weighted by atomic mass is 16.7. The van der Waals surface area contributed by atoms with Gasteiger partial charge in [0.05, 0.1) is 11.8 Å². The molecule has 6 aromatic carbocycles. The summed E-state index contributed by atoms with van der Waals surface area (Å²) in [5.41, 5.74) is 0.0221. The molecule has 3 aliphatic rings. The van der Waals surface area contributed by atoms with Crippen molar-refractivity contribution in [3.63, 3.8) is 0 Å². The fraction of sp³-hybridized carbons (Fsp3) is 0.267. The number of phenolic OH excluding ortho intramolecular Hbond substituents is 6. The first kappa shape index (κ1) is 56.6. The van der Waals surface area contributed by atoms with Crippen LogP contribution in [0.4, 0.5) is 0 Å². The van der Waals surface area contributed by atoms with Gasteiger partial charge in [0.15, 0.2) is 10.9 Å². The topological polar surface area (TPSA) is 393 Å². The minimum Gasteiger partial charge on any atom is -0.508 e. The van der Waals surface area contributed by atoms with Crippen LogP contribution in [0.15, 0.2) is 152 Å². The Balaban J connectivity index is 0.827. The lowest BCUT2D eigenvalue weighted by Crippen LogP contribution is -2.61. The van der Waals surface area contributed by atoms with Gasteiger partial charge in [0.1, 0.15) is 142 Å². The molecule has 1 saturated carbocycles. The number of hydrogen-bond donors (Lipinski definition) is 12. The number of carbonyl (C=O) groups is 2. The molecule has 24 nitrogen and oxygen atoms in total. The molecule has 0 radical (unpaired) electrons. The Kier molecular flexibility index (Phi) is 15.4. The molecule has 12 N–H and O–H groups in total. The number of fused-ring (bicyclic) bond motifs is 2. The van der Waals surface area contributed by atoms with Crippen molar-refractivity contribution in [1.29, 1.82) is 0 Å². The number of aliphatic hydroxyl groups is 6. The van der Waals surface area contributed by atoms with Gasteiger partial charge in [-0.1, -0.05) is 24.3 Å². The lowest BCUT2D eigenvalue weighted by Gasteiger charge is -2.50. The number of phenols is 6. The van der Waals surface area contributed by atoms with E-state index in [-0.39, 0.29) is 68.0 Å². The number of aliphatic hydroxyl groups excluding tert-OH is 6. The number of benzene rings is 6. The van der Waals surface area contributed by atoms with Gasteiger partial charge in [-0.05, 0) is 83.9 Å². The summed E-state index contributed by atoms with van der Waals surface area (Å²) in [5, 5.41) is 128. The van der Waals surface area contributed by atoms with Crippen molar-refractivity contribution in [2.45, 2.75) is 73.2 Å². The maximum Gasteiger partial charge on any atom is 0.310 e. The van der Waals surface area contributed by atoms with Crippen LogP contribution in [0.2, 0.25) is 0 Å². The number of aromatic hydroxyl groups is 6. The maximum atomic E-state index is 14.6. The first-order valence-electron chi connectivity index (χ1n) is 26.1. The second kappa shape index (κ2) is 22.8. The number of ether oxygens (including phenoxy) is 6. The summed E-state index contributed by atoms with van der Waals surface area (Å²) in [7, 11) is 0. The number of rotatable bonds is 14. The average Bonchev–Trinajstić information content (AvgIpc) is 0.850. The number of esters is 2. The third-order valence-corrected chi connectivity index (χ3v) is 15.1. The Bertz CT molecular complexity index is 3610. The van der Waals surface area contributed by atoms with Gasteiger partial charge in [-0.2, -0.15) is 0 Å². The molecule has 0 bridgehead atoms. The van der Waals surface area contributed by atoms with Crippen LogP contribution in [0.1, 0.15) is 23.0 Å². The van der Waals surface area contributed by atoms with Crippen molar-refractivity contribution >= 4 is 33.9 Å². The first-order valence-corrected chi connectivity index (χ1v) is 26.1. The summed E-state index contributed by atoms with van der Waals surface area (Å²) >= 11 is 0. The minimum atomic E-state index is -1.99. The summed E-state index contributed by atoms with van der Waals surface area (Å²) in [5.74, 6) is -8.88. The van der Waals surface area contributed by atoms with Crippen LogP contribution in [0.3, 0.4) is 0 Å². The van der Waals surface area contributed by atoms with Crippen LogP contribution in [-0.2, 0) is 28.5 Å². The number of hydrogen-bond acceptors (Lipinski definition) is 24. The third kappa shape index (κ3) is 11.0.